The predicted octanol–water partition coefficient (Wildman–Crippen LogP) is 3.38. The standard InChI is InChI=1S/C37H37N3O7S/c41-23-24-48(44,45)34-31(47-35(40-22-21-32(42)39-36(40)43)33(34)38-25-27-13-5-1-6-14-27)26-46-37(28-15-7-2-8-16-28,29-17-9-3-10-18-29)30-19-11-4-12-20-30/h1-22,31,33-35,38,41H,23-26H2,(H,39,42,43)/t31-,33-,34-,35-/m1/s1. The van der Waals surface area contributed by atoms with E-state index in [1.807, 2.05) is 121 Å². The van der Waals surface area contributed by atoms with Crippen molar-refractivity contribution in [1.82, 2.24) is 14.9 Å². The summed E-state index contributed by atoms with van der Waals surface area (Å²) in [5, 5.41) is 11.9. The van der Waals surface area contributed by atoms with Crippen LogP contribution in [0.1, 0.15) is 28.5 Å². The van der Waals surface area contributed by atoms with Crippen molar-refractivity contribution in [2.45, 2.75) is 35.8 Å². The molecule has 2 heterocycles. The highest BCUT2D eigenvalue weighted by atomic mass is 32.2. The summed E-state index contributed by atoms with van der Waals surface area (Å²) in [5.74, 6) is -0.518. The van der Waals surface area contributed by atoms with Crippen LogP contribution in [-0.2, 0) is 31.5 Å². The first-order valence-electron chi connectivity index (χ1n) is 15.7. The van der Waals surface area contributed by atoms with Crippen LogP contribution in [0.5, 0.6) is 0 Å². The first kappa shape index (κ1) is 33.3. The fourth-order valence-corrected chi connectivity index (χ4v) is 8.29. The molecule has 0 radical (unpaired) electrons. The largest absolute Gasteiger partial charge is 0.395 e. The molecule has 4 atom stereocenters. The highest BCUT2D eigenvalue weighted by molar-refractivity contribution is 7.92. The number of nitrogens with one attached hydrogen (secondary N) is 2. The number of H-pyrrole nitrogens is 1. The summed E-state index contributed by atoms with van der Waals surface area (Å²) < 4.78 is 42.8. The normalized spacial score (nSPS) is 19.7. The number of ether oxygens (including phenoxy) is 2. The first-order chi connectivity index (χ1) is 23.3. The monoisotopic (exact) mass is 667 g/mol. The third-order valence-corrected chi connectivity index (χ3v) is 10.8. The Bertz CT molecular complexity index is 1910. The third kappa shape index (κ3) is 6.82. The minimum Gasteiger partial charge on any atom is -0.395 e. The number of aromatic nitrogens is 2. The molecule has 0 bridgehead atoms. The zero-order chi connectivity index (χ0) is 33.6. The maximum atomic E-state index is 14.0. The van der Waals surface area contributed by atoms with E-state index in [1.165, 1.54) is 16.8 Å². The van der Waals surface area contributed by atoms with Crippen molar-refractivity contribution in [3.8, 4) is 0 Å². The molecule has 5 aromatic rings. The van der Waals surface area contributed by atoms with Crippen LogP contribution in [0.15, 0.2) is 143 Å². The maximum absolute atomic E-state index is 14.0. The molecule has 248 valence electrons. The maximum Gasteiger partial charge on any atom is 0.330 e. The molecule has 1 fully saturated rings. The number of sulfone groups is 1. The molecule has 48 heavy (non-hydrogen) atoms. The number of aliphatic hydroxyl groups excluding tert-OH is 1. The van der Waals surface area contributed by atoms with Crippen LogP contribution in [0.25, 0.3) is 0 Å². The summed E-state index contributed by atoms with van der Waals surface area (Å²) in [4.78, 5) is 27.3. The zero-order valence-corrected chi connectivity index (χ0v) is 26.9. The Balaban J connectivity index is 1.46. The summed E-state index contributed by atoms with van der Waals surface area (Å²) in [6.45, 7) is -0.528. The van der Waals surface area contributed by atoms with Gasteiger partial charge in [0.25, 0.3) is 5.56 Å². The van der Waals surface area contributed by atoms with E-state index >= 15 is 0 Å². The van der Waals surface area contributed by atoms with Crippen LogP contribution >= 0.6 is 0 Å². The Kier molecular flexibility index (Phi) is 10.1. The molecular formula is C37H37N3O7S. The lowest BCUT2D eigenvalue weighted by molar-refractivity contribution is -0.0789. The molecule has 3 N–H and O–H groups in total. The van der Waals surface area contributed by atoms with Crippen molar-refractivity contribution in [2.24, 2.45) is 0 Å². The molecule has 0 saturated carbocycles. The van der Waals surface area contributed by atoms with Crippen molar-refractivity contribution >= 4 is 9.84 Å². The van der Waals surface area contributed by atoms with E-state index < -0.39 is 62.7 Å². The van der Waals surface area contributed by atoms with Crippen LogP contribution < -0.4 is 16.6 Å². The van der Waals surface area contributed by atoms with E-state index in [2.05, 4.69) is 10.3 Å². The average molecular weight is 668 g/mol. The van der Waals surface area contributed by atoms with Gasteiger partial charge in [0, 0.05) is 18.8 Å². The van der Waals surface area contributed by atoms with Gasteiger partial charge in [0.1, 0.15) is 17.0 Å². The Morgan fingerprint density at radius 3 is 1.81 bits per heavy atom. The fourth-order valence-electron chi connectivity index (χ4n) is 6.48. The molecule has 4 aromatic carbocycles. The van der Waals surface area contributed by atoms with Crippen LogP contribution in [0.2, 0.25) is 0 Å². The van der Waals surface area contributed by atoms with E-state index in [-0.39, 0.29) is 13.2 Å². The Morgan fingerprint density at radius 1 is 0.792 bits per heavy atom. The van der Waals surface area contributed by atoms with Crippen LogP contribution in [0, 0.1) is 0 Å². The molecule has 0 spiro atoms. The minimum absolute atomic E-state index is 0.202. The predicted molar refractivity (Wildman–Crippen MR) is 182 cm³/mol. The van der Waals surface area contributed by atoms with E-state index in [9.17, 15) is 23.1 Å². The second-order valence-corrected chi connectivity index (χ2v) is 13.9. The minimum atomic E-state index is -4.04. The van der Waals surface area contributed by atoms with Crippen LogP contribution in [0.3, 0.4) is 0 Å². The molecule has 11 heteroatoms. The van der Waals surface area contributed by atoms with Crippen LogP contribution in [-0.4, -0.2) is 59.4 Å². The SMILES string of the molecule is O=c1ccn([C@@H]2O[C@H](COC(c3ccccc3)(c3ccccc3)c3ccccc3)[C@@H](S(=O)(=O)CCO)[C@H]2NCc2ccccc2)c(=O)[nH]1. The number of benzene rings is 4. The van der Waals surface area contributed by atoms with Gasteiger partial charge < -0.3 is 19.9 Å². The molecular weight excluding hydrogens is 630 g/mol. The van der Waals surface area contributed by atoms with E-state index in [1.54, 1.807) is 0 Å². The number of aliphatic hydroxyl groups is 1. The summed E-state index contributed by atoms with van der Waals surface area (Å²) in [6.07, 6.45) is -0.927. The Morgan fingerprint density at radius 2 is 1.31 bits per heavy atom. The average Bonchev–Trinajstić information content (AvgIpc) is 3.48. The van der Waals surface area contributed by atoms with Crippen LogP contribution in [0.4, 0.5) is 0 Å². The van der Waals surface area contributed by atoms with Crippen molar-refractivity contribution in [2.75, 3.05) is 19.0 Å². The highest BCUT2D eigenvalue weighted by Gasteiger charge is 2.53. The van der Waals surface area contributed by atoms with Gasteiger partial charge in [0.05, 0.1) is 25.0 Å². The van der Waals surface area contributed by atoms with Gasteiger partial charge in [-0.3, -0.25) is 14.3 Å². The summed E-state index contributed by atoms with van der Waals surface area (Å²) in [7, 11) is -4.04. The van der Waals surface area contributed by atoms with Gasteiger partial charge in [-0.1, -0.05) is 121 Å². The molecule has 0 amide bonds. The molecule has 6 rings (SSSR count). The van der Waals surface area contributed by atoms with Gasteiger partial charge in [-0.2, -0.15) is 0 Å². The smallest absolute Gasteiger partial charge is 0.330 e. The van der Waals surface area contributed by atoms with Crippen molar-refractivity contribution < 1.29 is 23.0 Å². The highest BCUT2D eigenvalue weighted by Crippen LogP contribution is 2.42. The second-order valence-electron chi connectivity index (χ2n) is 11.6. The van der Waals surface area contributed by atoms with E-state index in [0.717, 1.165) is 22.3 Å². The van der Waals surface area contributed by atoms with Gasteiger partial charge in [0.2, 0.25) is 0 Å². The molecule has 1 aliphatic rings. The number of hydrogen-bond acceptors (Lipinski definition) is 8. The zero-order valence-electron chi connectivity index (χ0n) is 26.1. The number of aromatic amines is 1. The third-order valence-electron chi connectivity index (χ3n) is 8.65. The Labute approximate surface area is 278 Å². The summed E-state index contributed by atoms with van der Waals surface area (Å²) in [5.41, 5.74) is 0.848. The molecule has 10 nitrogen and oxygen atoms in total. The van der Waals surface area contributed by atoms with E-state index in [0.29, 0.717) is 0 Å². The van der Waals surface area contributed by atoms with Gasteiger partial charge in [0.15, 0.2) is 16.1 Å². The molecule has 0 aliphatic carbocycles. The van der Waals surface area contributed by atoms with Gasteiger partial charge in [-0.15, -0.1) is 0 Å². The van der Waals surface area contributed by atoms with Crippen molar-refractivity contribution in [1.29, 1.82) is 0 Å². The van der Waals surface area contributed by atoms with Gasteiger partial charge in [-0.25, -0.2) is 13.2 Å². The van der Waals surface area contributed by atoms with E-state index in [4.69, 9.17) is 9.47 Å². The fraction of sp³-hybridized carbons (Fsp3) is 0.243. The molecule has 1 saturated heterocycles. The lowest BCUT2D eigenvalue weighted by Crippen LogP contribution is -2.50. The van der Waals surface area contributed by atoms with Gasteiger partial charge >= 0.3 is 5.69 Å². The van der Waals surface area contributed by atoms with Gasteiger partial charge in [-0.05, 0) is 22.3 Å². The molecule has 0 unspecified atom stereocenters. The number of hydrogen-bond donors (Lipinski definition) is 3. The number of rotatable bonds is 13. The van der Waals surface area contributed by atoms with Crippen molar-refractivity contribution in [3.63, 3.8) is 0 Å². The Hall–Kier alpha value is -4.65. The first-order valence-corrected chi connectivity index (χ1v) is 17.4. The molecule has 1 aliphatic heterocycles. The quantitative estimate of drug-likeness (QED) is 0.163. The lowest BCUT2D eigenvalue weighted by Gasteiger charge is -2.37. The number of nitrogens with zero attached hydrogens (tertiary/aromatic N) is 1. The summed E-state index contributed by atoms with van der Waals surface area (Å²) in [6, 6.07) is 38.7. The second kappa shape index (κ2) is 14.6. The molecule has 1 aromatic heterocycles. The summed E-state index contributed by atoms with van der Waals surface area (Å²) >= 11 is 0. The lowest BCUT2D eigenvalue weighted by atomic mass is 9.80. The van der Waals surface area contributed by atoms with Crippen molar-refractivity contribution in [3.05, 3.63) is 177 Å². The topological polar surface area (TPSA) is 140 Å².